The number of fused-ring (bicyclic) bond motifs is 1. The Bertz CT molecular complexity index is 643. The number of benzene rings is 1. The third-order valence-electron chi connectivity index (χ3n) is 2.81. The molecule has 2 aromatic rings. The quantitative estimate of drug-likeness (QED) is 0.856. The Balaban J connectivity index is 2.53. The van der Waals surface area contributed by atoms with Crippen LogP contribution in [0.5, 0.6) is 11.5 Å². The summed E-state index contributed by atoms with van der Waals surface area (Å²) in [5.41, 5.74) is 1.17. The van der Waals surface area contributed by atoms with Gasteiger partial charge in [-0.05, 0) is 33.8 Å². The first-order chi connectivity index (χ1) is 9.90. The van der Waals surface area contributed by atoms with E-state index in [-0.39, 0.29) is 12.2 Å². The van der Waals surface area contributed by atoms with Crippen LogP contribution in [0, 0.1) is 0 Å². The number of esters is 1. The number of carbonyl (C=O) groups excluding carboxylic acids is 1. The van der Waals surface area contributed by atoms with E-state index in [4.69, 9.17) is 14.2 Å². The summed E-state index contributed by atoms with van der Waals surface area (Å²) < 4.78 is 16.3. The molecule has 0 saturated heterocycles. The van der Waals surface area contributed by atoms with E-state index in [1.165, 1.54) is 7.11 Å². The van der Waals surface area contributed by atoms with Crippen LogP contribution in [0.2, 0.25) is 0 Å². The fourth-order valence-corrected chi connectivity index (χ4v) is 2.09. The van der Waals surface area contributed by atoms with Crippen molar-refractivity contribution in [3.8, 4) is 11.5 Å². The van der Waals surface area contributed by atoms with Gasteiger partial charge in [0.15, 0.2) is 0 Å². The van der Waals surface area contributed by atoms with E-state index in [0.29, 0.717) is 17.2 Å². The lowest BCUT2D eigenvalue weighted by Gasteiger charge is -2.14. The molecule has 21 heavy (non-hydrogen) atoms. The summed E-state index contributed by atoms with van der Waals surface area (Å²) in [6, 6.07) is 5.43. The zero-order chi connectivity index (χ0) is 15.6. The zero-order valence-electron chi connectivity index (χ0n) is 13.0. The third-order valence-corrected chi connectivity index (χ3v) is 2.81. The second kappa shape index (κ2) is 6.08. The van der Waals surface area contributed by atoms with Crippen molar-refractivity contribution in [3.63, 3.8) is 0 Å². The van der Waals surface area contributed by atoms with Crippen LogP contribution in [0.25, 0.3) is 10.9 Å². The number of carbonyl (C=O) groups is 1. The van der Waals surface area contributed by atoms with Gasteiger partial charge in [-0.25, -0.2) is 4.79 Å². The fourth-order valence-electron chi connectivity index (χ4n) is 2.09. The van der Waals surface area contributed by atoms with Crippen LogP contribution in [0.1, 0.15) is 38.2 Å². The van der Waals surface area contributed by atoms with Crippen molar-refractivity contribution < 1.29 is 19.0 Å². The SMILES string of the molecule is COC(=O)c1cc2c(OC(C)C)cc(OC(C)C)cc2[nH]1. The zero-order valence-corrected chi connectivity index (χ0v) is 13.0. The lowest BCUT2D eigenvalue weighted by molar-refractivity contribution is 0.0595. The van der Waals surface area contributed by atoms with Gasteiger partial charge in [-0.3, -0.25) is 0 Å². The molecule has 0 atom stereocenters. The Hall–Kier alpha value is -2.17. The average Bonchev–Trinajstić information content (AvgIpc) is 2.80. The molecule has 114 valence electrons. The summed E-state index contributed by atoms with van der Waals surface area (Å²) in [5.74, 6) is 0.976. The minimum Gasteiger partial charge on any atom is -0.491 e. The average molecular weight is 291 g/mol. The van der Waals surface area contributed by atoms with E-state index >= 15 is 0 Å². The van der Waals surface area contributed by atoms with Gasteiger partial charge >= 0.3 is 5.97 Å². The minimum atomic E-state index is -0.409. The van der Waals surface area contributed by atoms with Crippen LogP contribution in [-0.2, 0) is 4.74 Å². The number of aromatic nitrogens is 1. The van der Waals surface area contributed by atoms with Gasteiger partial charge in [-0.1, -0.05) is 0 Å². The molecule has 1 N–H and O–H groups in total. The van der Waals surface area contributed by atoms with Gasteiger partial charge in [-0.15, -0.1) is 0 Å². The summed E-state index contributed by atoms with van der Waals surface area (Å²) in [7, 11) is 1.35. The number of methoxy groups -OCH3 is 1. The molecule has 5 nitrogen and oxygen atoms in total. The lowest BCUT2D eigenvalue weighted by Crippen LogP contribution is -2.08. The summed E-state index contributed by atoms with van der Waals surface area (Å²) in [6.07, 6.45) is 0.0865. The predicted molar refractivity (Wildman–Crippen MR) is 81.2 cm³/mol. The standard InChI is InChI=1S/C16H21NO4/c1-9(2)20-11-6-13-12(15(7-11)21-10(3)4)8-14(17-13)16(18)19-5/h6-10,17H,1-5H3. The van der Waals surface area contributed by atoms with Gasteiger partial charge in [0.2, 0.25) is 0 Å². The van der Waals surface area contributed by atoms with Crippen molar-refractivity contribution in [2.24, 2.45) is 0 Å². The fraction of sp³-hybridized carbons (Fsp3) is 0.438. The first kappa shape index (κ1) is 15.2. The number of aromatic amines is 1. The van der Waals surface area contributed by atoms with E-state index in [1.807, 2.05) is 39.8 Å². The number of H-pyrrole nitrogens is 1. The van der Waals surface area contributed by atoms with E-state index in [1.54, 1.807) is 6.07 Å². The van der Waals surface area contributed by atoms with Crippen LogP contribution >= 0.6 is 0 Å². The summed E-state index contributed by atoms with van der Waals surface area (Å²) in [4.78, 5) is 14.7. The maximum Gasteiger partial charge on any atom is 0.354 e. The van der Waals surface area contributed by atoms with E-state index in [2.05, 4.69) is 4.98 Å². The second-order valence-electron chi connectivity index (χ2n) is 5.39. The normalized spacial score (nSPS) is 11.2. The molecule has 0 saturated carbocycles. The molecule has 0 unspecified atom stereocenters. The van der Waals surface area contributed by atoms with Gasteiger partial charge in [0, 0.05) is 17.5 Å². The number of nitrogens with one attached hydrogen (secondary N) is 1. The predicted octanol–water partition coefficient (Wildman–Crippen LogP) is 3.53. The van der Waals surface area contributed by atoms with Gasteiger partial charge in [0.25, 0.3) is 0 Å². The summed E-state index contributed by atoms with van der Waals surface area (Å²) in [5, 5.41) is 0.834. The Labute approximate surface area is 124 Å². The van der Waals surface area contributed by atoms with Crippen LogP contribution in [-0.4, -0.2) is 30.3 Å². The summed E-state index contributed by atoms with van der Waals surface area (Å²) in [6.45, 7) is 7.83. The minimum absolute atomic E-state index is 0.0268. The largest absolute Gasteiger partial charge is 0.491 e. The van der Waals surface area contributed by atoms with Gasteiger partial charge < -0.3 is 19.2 Å². The highest BCUT2D eigenvalue weighted by atomic mass is 16.5. The Morgan fingerprint density at radius 2 is 1.71 bits per heavy atom. The van der Waals surface area contributed by atoms with Crippen molar-refractivity contribution in [3.05, 3.63) is 23.9 Å². The van der Waals surface area contributed by atoms with Gasteiger partial charge in [-0.2, -0.15) is 0 Å². The van der Waals surface area contributed by atoms with Crippen molar-refractivity contribution in [1.82, 2.24) is 4.98 Å². The highest BCUT2D eigenvalue weighted by molar-refractivity contribution is 5.97. The first-order valence-corrected chi connectivity index (χ1v) is 6.99. The van der Waals surface area contributed by atoms with Crippen LogP contribution in [0.3, 0.4) is 0 Å². The van der Waals surface area contributed by atoms with Crippen molar-refractivity contribution in [1.29, 1.82) is 0 Å². The highest BCUT2D eigenvalue weighted by Crippen LogP contribution is 2.33. The first-order valence-electron chi connectivity index (χ1n) is 6.99. The van der Waals surface area contributed by atoms with Crippen molar-refractivity contribution >= 4 is 16.9 Å². The van der Waals surface area contributed by atoms with Gasteiger partial charge in [0.05, 0.1) is 24.8 Å². The molecule has 5 heteroatoms. The molecule has 0 spiro atoms. The molecule has 2 rings (SSSR count). The molecule has 0 amide bonds. The third kappa shape index (κ3) is 3.48. The van der Waals surface area contributed by atoms with Gasteiger partial charge in [0.1, 0.15) is 17.2 Å². The number of hydrogen-bond donors (Lipinski definition) is 1. The molecule has 0 bridgehead atoms. The molecule has 1 aromatic carbocycles. The van der Waals surface area contributed by atoms with Crippen LogP contribution in [0.15, 0.2) is 18.2 Å². The molecule has 0 aliphatic carbocycles. The van der Waals surface area contributed by atoms with Crippen LogP contribution in [0.4, 0.5) is 0 Å². The Kier molecular flexibility index (Phi) is 4.40. The summed E-state index contributed by atoms with van der Waals surface area (Å²) >= 11 is 0. The van der Waals surface area contributed by atoms with E-state index in [9.17, 15) is 4.79 Å². The number of hydrogen-bond acceptors (Lipinski definition) is 4. The number of rotatable bonds is 5. The monoisotopic (exact) mass is 291 g/mol. The van der Waals surface area contributed by atoms with E-state index in [0.717, 1.165) is 10.9 Å². The molecule has 0 aliphatic heterocycles. The maximum atomic E-state index is 11.7. The smallest absolute Gasteiger partial charge is 0.354 e. The Morgan fingerprint density at radius 3 is 2.29 bits per heavy atom. The maximum absolute atomic E-state index is 11.7. The Morgan fingerprint density at radius 1 is 1.05 bits per heavy atom. The second-order valence-corrected chi connectivity index (χ2v) is 5.39. The van der Waals surface area contributed by atoms with Crippen molar-refractivity contribution in [2.75, 3.05) is 7.11 Å². The van der Waals surface area contributed by atoms with Crippen LogP contribution < -0.4 is 9.47 Å². The molecule has 0 radical (unpaired) electrons. The van der Waals surface area contributed by atoms with Crippen molar-refractivity contribution in [2.45, 2.75) is 39.9 Å². The highest BCUT2D eigenvalue weighted by Gasteiger charge is 2.15. The molecular formula is C16H21NO4. The molecule has 1 heterocycles. The van der Waals surface area contributed by atoms with E-state index < -0.39 is 5.97 Å². The molecule has 0 fully saturated rings. The molecular weight excluding hydrogens is 270 g/mol. The lowest BCUT2D eigenvalue weighted by atomic mass is 10.2. The molecule has 0 aliphatic rings. The topological polar surface area (TPSA) is 60.6 Å². The molecule has 1 aromatic heterocycles. The number of ether oxygens (including phenoxy) is 3.